The summed E-state index contributed by atoms with van der Waals surface area (Å²) in [5, 5.41) is 11.2. The molecule has 7 nitrogen and oxygen atoms in total. The highest BCUT2D eigenvalue weighted by Gasteiger charge is 2.32. The summed E-state index contributed by atoms with van der Waals surface area (Å²) < 4.78 is 26.8. The lowest BCUT2D eigenvalue weighted by Crippen LogP contribution is -2.47. The topological polar surface area (TPSA) is 92.3 Å². The number of rotatable bonds is 9. The van der Waals surface area contributed by atoms with Gasteiger partial charge < -0.3 is 0 Å². The standard InChI is InChI=1S/C18H26N4O3S3/c1-6-15(22(28(5,24)25)14-9-7-13(4)8-10-14)16(23)19-17-20-21-18(27-17)26-11-12(2)3/h7-10,12,15H,6,11H2,1-5H3,(H,19,20,23)/t15-/m0/s1. The maximum atomic E-state index is 12.9. The Hall–Kier alpha value is -1.65. The third-order valence-corrected chi connectivity index (χ3v) is 7.37. The molecule has 1 aromatic carbocycles. The van der Waals surface area contributed by atoms with Gasteiger partial charge in [-0.15, -0.1) is 10.2 Å². The van der Waals surface area contributed by atoms with Crippen LogP contribution in [0.25, 0.3) is 0 Å². The van der Waals surface area contributed by atoms with Gasteiger partial charge in [0.15, 0.2) is 4.34 Å². The van der Waals surface area contributed by atoms with Crippen molar-refractivity contribution in [3.63, 3.8) is 0 Å². The Morgan fingerprint density at radius 3 is 2.43 bits per heavy atom. The maximum Gasteiger partial charge on any atom is 0.250 e. The first kappa shape index (κ1) is 22.6. The minimum Gasteiger partial charge on any atom is -0.299 e. The lowest BCUT2D eigenvalue weighted by atomic mass is 10.1. The molecule has 0 bridgehead atoms. The quantitative estimate of drug-likeness (QED) is 0.469. The molecule has 0 saturated carbocycles. The summed E-state index contributed by atoms with van der Waals surface area (Å²) in [7, 11) is -3.66. The lowest BCUT2D eigenvalue weighted by molar-refractivity contribution is -0.117. The molecule has 0 saturated heterocycles. The average molecular weight is 443 g/mol. The van der Waals surface area contributed by atoms with Gasteiger partial charge >= 0.3 is 0 Å². The summed E-state index contributed by atoms with van der Waals surface area (Å²) in [4.78, 5) is 12.9. The van der Waals surface area contributed by atoms with Gasteiger partial charge in [0.25, 0.3) is 0 Å². The number of aromatic nitrogens is 2. The number of carbonyl (C=O) groups is 1. The van der Waals surface area contributed by atoms with Crippen LogP contribution in [0.3, 0.4) is 0 Å². The van der Waals surface area contributed by atoms with Crippen LogP contribution in [-0.2, 0) is 14.8 Å². The first-order chi connectivity index (χ1) is 13.1. The van der Waals surface area contributed by atoms with E-state index >= 15 is 0 Å². The predicted octanol–water partition coefficient (Wildman–Crippen LogP) is 3.78. The van der Waals surface area contributed by atoms with Crippen molar-refractivity contribution < 1.29 is 13.2 Å². The molecule has 1 heterocycles. The highest BCUT2D eigenvalue weighted by atomic mass is 32.2. The van der Waals surface area contributed by atoms with Gasteiger partial charge in [-0.3, -0.25) is 14.4 Å². The Bertz CT molecular complexity index is 895. The summed E-state index contributed by atoms with van der Waals surface area (Å²) in [6, 6.07) is 6.17. The zero-order chi connectivity index (χ0) is 20.9. The van der Waals surface area contributed by atoms with E-state index < -0.39 is 22.0 Å². The number of aryl methyl sites for hydroxylation is 1. The molecule has 0 aliphatic rings. The molecule has 0 aliphatic carbocycles. The smallest absolute Gasteiger partial charge is 0.250 e. The molecular weight excluding hydrogens is 416 g/mol. The number of anilines is 2. The zero-order valence-electron chi connectivity index (χ0n) is 16.7. The van der Waals surface area contributed by atoms with Gasteiger partial charge in [0, 0.05) is 5.75 Å². The second kappa shape index (κ2) is 9.71. The van der Waals surface area contributed by atoms with Crippen molar-refractivity contribution in [1.82, 2.24) is 10.2 Å². The largest absolute Gasteiger partial charge is 0.299 e. The Kier molecular flexibility index (Phi) is 7.85. The average Bonchev–Trinajstić information content (AvgIpc) is 3.05. The van der Waals surface area contributed by atoms with Crippen molar-refractivity contribution in [2.45, 2.75) is 44.5 Å². The number of nitrogens with one attached hydrogen (secondary N) is 1. The molecule has 10 heteroatoms. The first-order valence-corrected chi connectivity index (χ1v) is 12.6. The highest BCUT2D eigenvalue weighted by Crippen LogP contribution is 2.28. The van der Waals surface area contributed by atoms with Crippen LogP contribution in [0.1, 0.15) is 32.8 Å². The van der Waals surface area contributed by atoms with Gasteiger partial charge in [-0.25, -0.2) is 8.42 Å². The van der Waals surface area contributed by atoms with Crippen molar-refractivity contribution in [3.05, 3.63) is 29.8 Å². The molecule has 0 aliphatic heterocycles. The summed E-state index contributed by atoms with van der Waals surface area (Å²) >= 11 is 2.88. The van der Waals surface area contributed by atoms with E-state index in [4.69, 9.17) is 0 Å². The van der Waals surface area contributed by atoms with E-state index in [1.165, 1.54) is 11.3 Å². The second-order valence-corrected chi connectivity index (χ2v) is 11.0. The normalized spacial score (nSPS) is 12.8. The van der Waals surface area contributed by atoms with Crippen LogP contribution in [0.4, 0.5) is 10.8 Å². The molecule has 1 N–H and O–H groups in total. The highest BCUT2D eigenvalue weighted by molar-refractivity contribution is 8.01. The van der Waals surface area contributed by atoms with Crippen LogP contribution < -0.4 is 9.62 Å². The van der Waals surface area contributed by atoms with Gasteiger partial charge in [0.05, 0.1) is 11.9 Å². The maximum absolute atomic E-state index is 12.9. The lowest BCUT2D eigenvalue weighted by Gasteiger charge is -2.29. The number of benzene rings is 1. The van der Waals surface area contributed by atoms with E-state index in [1.807, 2.05) is 19.1 Å². The van der Waals surface area contributed by atoms with Crippen LogP contribution in [-0.4, -0.2) is 42.6 Å². The molecule has 1 atom stereocenters. The molecule has 154 valence electrons. The Balaban J connectivity index is 2.21. The fraction of sp³-hybridized carbons (Fsp3) is 0.500. The molecular formula is C18H26N4O3S3. The third-order valence-electron chi connectivity index (χ3n) is 3.79. The predicted molar refractivity (Wildman–Crippen MR) is 117 cm³/mol. The minimum absolute atomic E-state index is 0.320. The first-order valence-electron chi connectivity index (χ1n) is 8.95. The van der Waals surface area contributed by atoms with Gasteiger partial charge in [0.2, 0.25) is 21.1 Å². The Labute approximate surface area is 175 Å². The monoisotopic (exact) mass is 442 g/mol. The summed E-state index contributed by atoms with van der Waals surface area (Å²) in [6.07, 6.45) is 1.43. The number of amides is 1. The van der Waals surface area contributed by atoms with Gasteiger partial charge in [-0.2, -0.15) is 0 Å². The molecule has 1 amide bonds. The van der Waals surface area contributed by atoms with Crippen LogP contribution in [0.15, 0.2) is 28.6 Å². The van der Waals surface area contributed by atoms with E-state index in [0.717, 1.165) is 26.2 Å². The number of nitrogens with zero attached hydrogens (tertiary/aromatic N) is 3. The molecule has 2 aromatic rings. The number of thioether (sulfide) groups is 1. The summed E-state index contributed by atoms with van der Waals surface area (Å²) in [6.45, 7) is 7.93. The summed E-state index contributed by atoms with van der Waals surface area (Å²) in [5.41, 5.74) is 1.47. The van der Waals surface area contributed by atoms with Crippen LogP contribution >= 0.6 is 23.1 Å². The zero-order valence-corrected chi connectivity index (χ0v) is 19.1. The molecule has 0 fully saturated rings. The van der Waals surface area contributed by atoms with E-state index in [2.05, 4.69) is 29.4 Å². The van der Waals surface area contributed by atoms with Crippen molar-refractivity contribution >= 4 is 49.8 Å². The van der Waals surface area contributed by atoms with E-state index in [-0.39, 0.29) is 0 Å². The molecule has 0 unspecified atom stereocenters. The van der Waals surface area contributed by atoms with Crippen molar-refractivity contribution in [2.24, 2.45) is 5.92 Å². The van der Waals surface area contributed by atoms with Crippen LogP contribution in [0.5, 0.6) is 0 Å². The Morgan fingerprint density at radius 1 is 1.25 bits per heavy atom. The number of hydrogen-bond donors (Lipinski definition) is 1. The molecule has 2 rings (SSSR count). The Morgan fingerprint density at radius 2 is 1.89 bits per heavy atom. The number of sulfonamides is 1. The van der Waals surface area contributed by atoms with Crippen molar-refractivity contribution in [1.29, 1.82) is 0 Å². The molecule has 0 spiro atoms. The van der Waals surface area contributed by atoms with E-state index in [9.17, 15) is 13.2 Å². The second-order valence-electron chi connectivity index (χ2n) is 6.89. The SMILES string of the molecule is CC[C@@H](C(=O)Nc1nnc(SCC(C)C)s1)N(c1ccc(C)cc1)S(C)(=O)=O. The van der Waals surface area contributed by atoms with Crippen molar-refractivity contribution in [3.8, 4) is 0 Å². The van der Waals surface area contributed by atoms with E-state index in [1.54, 1.807) is 30.8 Å². The van der Waals surface area contributed by atoms with Crippen molar-refractivity contribution in [2.75, 3.05) is 21.6 Å². The molecule has 1 aromatic heterocycles. The third kappa shape index (κ3) is 6.18. The van der Waals surface area contributed by atoms with Gasteiger partial charge in [0.1, 0.15) is 6.04 Å². The molecule has 0 radical (unpaired) electrons. The van der Waals surface area contributed by atoms with Crippen LogP contribution in [0, 0.1) is 12.8 Å². The van der Waals surface area contributed by atoms with Gasteiger partial charge in [-0.1, -0.05) is 61.6 Å². The number of carbonyl (C=O) groups excluding carboxylic acids is 1. The van der Waals surface area contributed by atoms with Crippen LogP contribution in [0.2, 0.25) is 0 Å². The fourth-order valence-electron chi connectivity index (χ4n) is 2.50. The fourth-order valence-corrected chi connectivity index (χ4v) is 5.44. The van der Waals surface area contributed by atoms with Gasteiger partial charge in [-0.05, 0) is 31.4 Å². The molecule has 28 heavy (non-hydrogen) atoms. The number of hydrogen-bond acceptors (Lipinski definition) is 7. The minimum atomic E-state index is -3.66. The van der Waals surface area contributed by atoms with E-state index in [0.29, 0.717) is 23.2 Å². The summed E-state index contributed by atoms with van der Waals surface area (Å²) in [5.74, 6) is 1.01.